The molecule has 6 nitrogen and oxygen atoms in total. The van der Waals surface area contributed by atoms with Crippen LogP contribution >= 0.6 is 0 Å². The number of aromatic nitrogens is 2. The van der Waals surface area contributed by atoms with Crippen LogP contribution in [0, 0.1) is 0 Å². The molecule has 0 bridgehead atoms. The van der Waals surface area contributed by atoms with Gasteiger partial charge in [0.2, 0.25) is 0 Å². The van der Waals surface area contributed by atoms with E-state index in [1.807, 2.05) is 16.9 Å². The molecule has 1 fully saturated rings. The molecule has 114 valence electrons. The number of sulfone groups is 1. The van der Waals surface area contributed by atoms with Gasteiger partial charge >= 0.3 is 0 Å². The number of hydrogen-bond acceptors (Lipinski definition) is 5. The van der Waals surface area contributed by atoms with Crippen LogP contribution in [0.25, 0.3) is 0 Å². The summed E-state index contributed by atoms with van der Waals surface area (Å²) in [5.74, 6) is 5.86. The highest BCUT2D eigenvalue weighted by Gasteiger charge is 2.35. The molecule has 0 amide bonds. The molecule has 20 heavy (non-hydrogen) atoms. The number of nitrogens with one attached hydrogen (secondary N) is 1. The maximum absolute atomic E-state index is 12.2. The minimum atomic E-state index is -3.04. The van der Waals surface area contributed by atoms with Gasteiger partial charge in [0, 0.05) is 24.7 Å². The van der Waals surface area contributed by atoms with Gasteiger partial charge in [0.25, 0.3) is 0 Å². The summed E-state index contributed by atoms with van der Waals surface area (Å²) >= 11 is 0. The van der Waals surface area contributed by atoms with E-state index in [-0.39, 0.29) is 11.8 Å². The number of nitrogens with zero attached hydrogens (tertiary/aromatic N) is 2. The predicted molar refractivity (Wildman–Crippen MR) is 78.9 cm³/mol. The second-order valence-electron chi connectivity index (χ2n) is 5.76. The quantitative estimate of drug-likeness (QED) is 0.620. The summed E-state index contributed by atoms with van der Waals surface area (Å²) in [5, 5.41) is 4.07. The lowest BCUT2D eigenvalue weighted by Crippen LogP contribution is -2.50. The molecule has 2 heterocycles. The summed E-state index contributed by atoms with van der Waals surface area (Å²) < 4.78 is 26.2. The lowest BCUT2D eigenvalue weighted by molar-refractivity contribution is 0.434. The Labute approximate surface area is 120 Å². The summed E-state index contributed by atoms with van der Waals surface area (Å²) in [6, 6.07) is 1.96. The van der Waals surface area contributed by atoms with E-state index in [9.17, 15) is 8.42 Å². The Balaban J connectivity index is 2.11. The normalized spacial score (nSPS) is 23.9. The Kier molecular flexibility index (Phi) is 4.82. The molecule has 2 unspecified atom stereocenters. The van der Waals surface area contributed by atoms with Crippen molar-refractivity contribution in [3.8, 4) is 0 Å². The summed E-state index contributed by atoms with van der Waals surface area (Å²) in [6.45, 7) is 4.11. The molecule has 2 rings (SSSR count). The first-order chi connectivity index (χ1) is 9.44. The predicted octanol–water partition coefficient (Wildman–Crippen LogP) is 0.806. The Morgan fingerprint density at radius 2 is 2.25 bits per heavy atom. The first kappa shape index (κ1) is 15.5. The monoisotopic (exact) mass is 300 g/mol. The summed E-state index contributed by atoms with van der Waals surface area (Å²) in [7, 11) is -3.04. The molecule has 1 aromatic rings. The van der Waals surface area contributed by atoms with Crippen molar-refractivity contribution >= 4 is 9.84 Å². The van der Waals surface area contributed by atoms with Crippen molar-refractivity contribution in [3.05, 3.63) is 18.0 Å². The molecule has 1 aliphatic heterocycles. The smallest absolute Gasteiger partial charge is 0.154 e. The third-order valence-electron chi connectivity index (χ3n) is 3.91. The summed E-state index contributed by atoms with van der Waals surface area (Å²) in [4.78, 5) is 0. The third kappa shape index (κ3) is 3.39. The van der Waals surface area contributed by atoms with Crippen molar-refractivity contribution in [1.29, 1.82) is 0 Å². The molecular formula is C13H24N4O2S. The second kappa shape index (κ2) is 6.24. The van der Waals surface area contributed by atoms with Gasteiger partial charge in [-0.1, -0.05) is 6.42 Å². The number of hydrazine groups is 1. The van der Waals surface area contributed by atoms with Gasteiger partial charge in [0.15, 0.2) is 9.84 Å². The van der Waals surface area contributed by atoms with Gasteiger partial charge in [-0.05, 0) is 32.8 Å². The Bertz CT molecular complexity index is 538. The topological polar surface area (TPSA) is 90.0 Å². The molecule has 0 spiro atoms. The van der Waals surface area contributed by atoms with Crippen LogP contribution < -0.4 is 11.3 Å². The van der Waals surface area contributed by atoms with Crippen LogP contribution in [0.4, 0.5) is 0 Å². The molecule has 0 aromatic carbocycles. The van der Waals surface area contributed by atoms with Crippen LogP contribution in [0.3, 0.4) is 0 Å². The zero-order chi connectivity index (χ0) is 14.8. The standard InChI is InChI=1S/C13H24N4O2S/c1-10(2)17-7-6-11(16-17)9-12(15-14)13-5-3-4-8-20(13,18)19/h6-7,10,12-13,15H,3-5,8-9,14H2,1-2H3. The second-order valence-corrected chi connectivity index (χ2v) is 8.10. The molecular weight excluding hydrogens is 276 g/mol. The van der Waals surface area contributed by atoms with Crippen molar-refractivity contribution < 1.29 is 8.42 Å². The van der Waals surface area contributed by atoms with E-state index in [2.05, 4.69) is 24.4 Å². The van der Waals surface area contributed by atoms with Gasteiger partial charge < -0.3 is 0 Å². The van der Waals surface area contributed by atoms with Gasteiger partial charge in [-0.2, -0.15) is 5.10 Å². The van der Waals surface area contributed by atoms with E-state index in [4.69, 9.17) is 5.84 Å². The van der Waals surface area contributed by atoms with Crippen molar-refractivity contribution in [3.63, 3.8) is 0 Å². The van der Waals surface area contributed by atoms with Crippen LogP contribution in [-0.4, -0.2) is 35.2 Å². The lowest BCUT2D eigenvalue weighted by atomic mass is 10.0. The highest BCUT2D eigenvalue weighted by Crippen LogP contribution is 2.23. The first-order valence-corrected chi connectivity index (χ1v) is 8.87. The maximum atomic E-state index is 12.2. The van der Waals surface area contributed by atoms with E-state index in [1.165, 1.54) is 0 Å². The van der Waals surface area contributed by atoms with Gasteiger partial charge in [-0.3, -0.25) is 16.0 Å². The molecule has 1 saturated heterocycles. The third-order valence-corrected chi connectivity index (χ3v) is 6.26. The van der Waals surface area contributed by atoms with E-state index >= 15 is 0 Å². The molecule has 1 aromatic heterocycles. The number of hydrogen-bond donors (Lipinski definition) is 2. The van der Waals surface area contributed by atoms with Crippen LogP contribution in [0.5, 0.6) is 0 Å². The molecule has 1 aliphatic rings. The molecule has 0 saturated carbocycles. The first-order valence-electron chi connectivity index (χ1n) is 7.16. The number of nitrogens with two attached hydrogens (primary N) is 1. The average Bonchev–Trinajstić information content (AvgIpc) is 2.85. The van der Waals surface area contributed by atoms with E-state index in [0.717, 1.165) is 18.5 Å². The highest BCUT2D eigenvalue weighted by atomic mass is 32.2. The Morgan fingerprint density at radius 3 is 2.80 bits per heavy atom. The highest BCUT2D eigenvalue weighted by molar-refractivity contribution is 7.92. The van der Waals surface area contributed by atoms with E-state index in [1.54, 1.807) is 0 Å². The van der Waals surface area contributed by atoms with Crippen LogP contribution in [0.15, 0.2) is 12.3 Å². The van der Waals surface area contributed by atoms with Crippen molar-refractivity contribution in [2.45, 2.75) is 56.9 Å². The lowest BCUT2D eigenvalue weighted by Gasteiger charge is -2.29. The maximum Gasteiger partial charge on any atom is 0.154 e. The Morgan fingerprint density at radius 1 is 1.50 bits per heavy atom. The summed E-state index contributed by atoms with van der Waals surface area (Å²) in [6.07, 6.45) is 4.85. The largest absolute Gasteiger partial charge is 0.271 e. The van der Waals surface area contributed by atoms with E-state index < -0.39 is 15.1 Å². The van der Waals surface area contributed by atoms with Gasteiger partial charge in [0.1, 0.15) is 0 Å². The Hall–Kier alpha value is -0.920. The fourth-order valence-electron chi connectivity index (χ4n) is 2.73. The fraction of sp³-hybridized carbons (Fsp3) is 0.769. The van der Waals surface area contributed by atoms with Crippen LogP contribution in [0.2, 0.25) is 0 Å². The van der Waals surface area contributed by atoms with Crippen molar-refractivity contribution in [1.82, 2.24) is 15.2 Å². The minimum Gasteiger partial charge on any atom is -0.271 e. The number of rotatable bonds is 5. The van der Waals surface area contributed by atoms with E-state index in [0.29, 0.717) is 18.9 Å². The molecule has 0 radical (unpaired) electrons. The van der Waals surface area contributed by atoms with Gasteiger partial charge in [-0.25, -0.2) is 8.42 Å². The molecule has 2 atom stereocenters. The van der Waals surface area contributed by atoms with Crippen molar-refractivity contribution in [2.24, 2.45) is 5.84 Å². The fourth-order valence-corrected chi connectivity index (χ4v) is 4.84. The zero-order valence-corrected chi connectivity index (χ0v) is 12.9. The minimum absolute atomic E-state index is 0.268. The van der Waals surface area contributed by atoms with Crippen LogP contribution in [0.1, 0.15) is 44.8 Å². The van der Waals surface area contributed by atoms with Gasteiger partial charge in [-0.15, -0.1) is 0 Å². The molecule has 3 N–H and O–H groups in total. The average molecular weight is 300 g/mol. The van der Waals surface area contributed by atoms with Crippen molar-refractivity contribution in [2.75, 3.05) is 5.75 Å². The summed E-state index contributed by atoms with van der Waals surface area (Å²) in [5.41, 5.74) is 3.56. The molecule has 7 heteroatoms. The zero-order valence-electron chi connectivity index (χ0n) is 12.1. The van der Waals surface area contributed by atoms with Gasteiger partial charge in [0.05, 0.1) is 16.7 Å². The molecule has 0 aliphatic carbocycles. The van der Waals surface area contributed by atoms with Crippen LogP contribution in [-0.2, 0) is 16.3 Å². The SMILES string of the molecule is CC(C)n1ccc(CC(NN)C2CCCCS2(=O)=O)n1.